The van der Waals surface area contributed by atoms with E-state index in [4.69, 9.17) is 0 Å². The maximum Gasteiger partial charge on any atom is 0.0249 e. The molecular weight excluding hydrogens is 288 g/mol. The first kappa shape index (κ1) is 15.6. The lowest BCUT2D eigenvalue weighted by atomic mass is 9.96. The minimum absolute atomic E-state index is 0.793. The summed E-state index contributed by atoms with van der Waals surface area (Å²) in [6.45, 7) is 4.11. The highest BCUT2D eigenvalue weighted by atomic mass is 14.1. The molecule has 0 N–H and O–H groups in total. The Morgan fingerprint density at radius 3 is 1.62 bits per heavy atom. The van der Waals surface area contributed by atoms with Gasteiger partial charge in [0, 0.05) is 11.1 Å². The fraction of sp³-hybridized carbons (Fsp3) is 0. The van der Waals surface area contributed by atoms with Crippen LogP contribution in [-0.2, 0) is 0 Å². The SMILES string of the molecule is C=C(C#Cc1ccccc1)C=C(c1ccccc1)c1ccccc1. The molecule has 0 saturated heterocycles. The van der Waals surface area contributed by atoms with Crippen LogP contribution in [0, 0.1) is 11.8 Å². The molecular formula is C24H18. The Labute approximate surface area is 143 Å². The van der Waals surface area contributed by atoms with Crippen LogP contribution in [0.2, 0.25) is 0 Å². The highest BCUT2D eigenvalue weighted by molar-refractivity contribution is 5.82. The highest BCUT2D eigenvalue weighted by Crippen LogP contribution is 2.24. The van der Waals surface area contributed by atoms with E-state index in [-0.39, 0.29) is 0 Å². The largest absolute Gasteiger partial charge is 0.0832 e. The smallest absolute Gasteiger partial charge is 0.0249 e. The molecule has 3 rings (SSSR count). The lowest BCUT2D eigenvalue weighted by Crippen LogP contribution is -1.88. The van der Waals surface area contributed by atoms with Crippen LogP contribution in [0.3, 0.4) is 0 Å². The Morgan fingerprint density at radius 2 is 1.12 bits per heavy atom. The van der Waals surface area contributed by atoms with Crippen molar-refractivity contribution in [3.05, 3.63) is 126 Å². The zero-order chi connectivity index (χ0) is 16.6. The molecule has 3 aromatic rings. The van der Waals surface area contributed by atoms with Crippen LogP contribution in [0.25, 0.3) is 5.57 Å². The van der Waals surface area contributed by atoms with Crippen LogP contribution < -0.4 is 0 Å². The number of hydrogen-bond donors (Lipinski definition) is 0. The third-order valence-corrected chi connectivity index (χ3v) is 3.63. The zero-order valence-electron chi connectivity index (χ0n) is 13.4. The van der Waals surface area contributed by atoms with E-state index < -0.39 is 0 Å². The quantitative estimate of drug-likeness (QED) is 0.428. The molecule has 0 aliphatic carbocycles. The molecule has 0 atom stereocenters. The number of hydrogen-bond acceptors (Lipinski definition) is 0. The summed E-state index contributed by atoms with van der Waals surface area (Å²) in [7, 11) is 0. The summed E-state index contributed by atoms with van der Waals surface area (Å²) in [6, 6.07) is 30.6. The molecule has 0 saturated carbocycles. The van der Waals surface area contributed by atoms with Crippen molar-refractivity contribution >= 4 is 5.57 Å². The summed E-state index contributed by atoms with van der Waals surface area (Å²) in [5.41, 5.74) is 5.23. The van der Waals surface area contributed by atoms with E-state index in [2.05, 4.69) is 48.8 Å². The monoisotopic (exact) mass is 306 g/mol. The first-order valence-electron chi connectivity index (χ1n) is 7.91. The third-order valence-electron chi connectivity index (χ3n) is 3.63. The van der Waals surface area contributed by atoms with E-state index >= 15 is 0 Å². The van der Waals surface area contributed by atoms with E-state index in [1.165, 1.54) is 0 Å². The van der Waals surface area contributed by atoms with Crippen molar-refractivity contribution in [1.29, 1.82) is 0 Å². The van der Waals surface area contributed by atoms with Gasteiger partial charge in [0.2, 0.25) is 0 Å². The minimum Gasteiger partial charge on any atom is -0.0832 e. The van der Waals surface area contributed by atoms with Gasteiger partial charge in [-0.1, -0.05) is 97.3 Å². The summed E-state index contributed by atoms with van der Waals surface area (Å²) < 4.78 is 0. The van der Waals surface area contributed by atoms with Gasteiger partial charge >= 0.3 is 0 Å². The average Bonchev–Trinajstić information content (AvgIpc) is 2.67. The lowest BCUT2D eigenvalue weighted by molar-refractivity contribution is 1.54. The molecule has 0 unspecified atom stereocenters. The van der Waals surface area contributed by atoms with E-state index in [0.29, 0.717) is 0 Å². The highest BCUT2D eigenvalue weighted by Gasteiger charge is 2.04. The molecule has 0 amide bonds. The van der Waals surface area contributed by atoms with Crippen LogP contribution in [0.4, 0.5) is 0 Å². The standard InChI is InChI=1S/C24H18/c1-20(17-18-21-11-5-2-6-12-21)19-24(22-13-7-3-8-14-22)23-15-9-4-10-16-23/h2-16,19H,1H2. The van der Waals surface area contributed by atoms with Gasteiger partial charge in [-0.3, -0.25) is 0 Å². The van der Waals surface area contributed by atoms with Gasteiger partial charge in [0.1, 0.15) is 0 Å². The molecule has 3 aromatic carbocycles. The van der Waals surface area contributed by atoms with Crippen molar-refractivity contribution in [2.75, 3.05) is 0 Å². The van der Waals surface area contributed by atoms with Gasteiger partial charge in [-0.05, 0) is 34.9 Å². The predicted octanol–water partition coefficient (Wildman–Crippen LogP) is 5.73. The molecule has 0 aliphatic heterocycles. The van der Waals surface area contributed by atoms with Crippen molar-refractivity contribution in [3.8, 4) is 11.8 Å². The summed E-state index contributed by atoms with van der Waals surface area (Å²) in [5.74, 6) is 6.31. The second-order valence-corrected chi connectivity index (χ2v) is 5.43. The summed E-state index contributed by atoms with van der Waals surface area (Å²) in [4.78, 5) is 0. The summed E-state index contributed by atoms with van der Waals surface area (Å²) >= 11 is 0. The summed E-state index contributed by atoms with van der Waals surface area (Å²) in [6.07, 6.45) is 2.06. The van der Waals surface area contributed by atoms with E-state index in [1.54, 1.807) is 0 Å². The number of allylic oxidation sites excluding steroid dienone is 2. The summed E-state index contributed by atoms with van der Waals surface area (Å²) in [5, 5.41) is 0. The van der Waals surface area contributed by atoms with Gasteiger partial charge < -0.3 is 0 Å². The molecule has 0 aliphatic rings. The normalized spacial score (nSPS) is 9.50. The lowest BCUT2D eigenvalue weighted by Gasteiger charge is -2.08. The molecule has 114 valence electrons. The molecule has 0 bridgehead atoms. The van der Waals surface area contributed by atoms with Crippen LogP contribution in [0.1, 0.15) is 16.7 Å². The predicted molar refractivity (Wildman–Crippen MR) is 102 cm³/mol. The first-order valence-corrected chi connectivity index (χ1v) is 7.91. The molecule has 0 nitrogen and oxygen atoms in total. The molecule has 0 spiro atoms. The number of benzene rings is 3. The Kier molecular flexibility index (Phi) is 5.07. The van der Waals surface area contributed by atoms with Crippen LogP contribution in [0.15, 0.2) is 109 Å². The van der Waals surface area contributed by atoms with Gasteiger partial charge in [0.25, 0.3) is 0 Å². The topological polar surface area (TPSA) is 0 Å². The van der Waals surface area contributed by atoms with Gasteiger partial charge in [-0.2, -0.15) is 0 Å². The van der Waals surface area contributed by atoms with Gasteiger partial charge in [-0.25, -0.2) is 0 Å². The Bertz CT molecular complexity index is 848. The minimum atomic E-state index is 0.793. The van der Waals surface area contributed by atoms with Crippen molar-refractivity contribution in [1.82, 2.24) is 0 Å². The van der Waals surface area contributed by atoms with Gasteiger partial charge in [0.05, 0.1) is 0 Å². The van der Waals surface area contributed by atoms with Crippen molar-refractivity contribution < 1.29 is 0 Å². The molecule has 0 radical (unpaired) electrons. The molecule has 0 heteroatoms. The first-order chi connectivity index (χ1) is 11.8. The van der Waals surface area contributed by atoms with Crippen molar-refractivity contribution in [3.63, 3.8) is 0 Å². The molecule has 0 heterocycles. The van der Waals surface area contributed by atoms with Crippen molar-refractivity contribution in [2.24, 2.45) is 0 Å². The second kappa shape index (κ2) is 7.81. The van der Waals surface area contributed by atoms with Crippen LogP contribution in [0.5, 0.6) is 0 Å². The molecule has 0 aromatic heterocycles. The maximum atomic E-state index is 4.11. The van der Waals surface area contributed by atoms with Gasteiger partial charge in [-0.15, -0.1) is 0 Å². The molecule has 24 heavy (non-hydrogen) atoms. The maximum absolute atomic E-state index is 4.11. The van der Waals surface area contributed by atoms with Gasteiger partial charge in [0.15, 0.2) is 0 Å². The Hall–Kier alpha value is -3.30. The van der Waals surface area contributed by atoms with Crippen LogP contribution in [-0.4, -0.2) is 0 Å². The Balaban J connectivity index is 1.95. The number of rotatable bonds is 3. The molecule has 0 fully saturated rings. The van der Waals surface area contributed by atoms with Crippen LogP contribution >= 0.6 is 0 Å². The zero-order valence-corrected chi connectivity index (χ0v) is 13.4. The Morgan fingerprint density at radius 1 is 0.667 bits per heavy atom. The van der Waals surface area contributed by atoms with E-state index in [9.17, 15) is 0 Å². The van der Waals surface area contributed by atoms with Crippen molar-refractivity contribution in [2.45, 2.75) is 0 Å². The second-order valence-electron chi connectivity index (χ2n) is 5.43. The van der Waals surface area contributed by atoms with E-state index in [0.717, 1.165) is 27.8 Å². The van der Waals surface area contributed by atoms with E-state index in [1.807, 2.05) is 66.7 Å². The fourth-order valence-electron chi connectivity index (χ4n) is 2.45. The third kappa shape index (κ3) is 4.12. The average molecular weight is 306 g/mol. The fourth-order valence-corrected chi connectivity index (χ4v) is 2.45.